The third-order valence-corrected chi connectivity index (χ3v) is 4.28. The van der Waals surface area contributed by atoms with E-state index in [0.29, 0.717) is 12.8 Å². The Morgan fingerprint density at radius 3 is 2.83 bits per heavy atom. The van der Waals surface area contributed by atoms with Gasteiger partial charge in [0.25, 0.3) is 0 Å². The van der Waals surface area contributed by atoms with E-state index in [9.17, 15) is 8.42 Å². The number of rotatable bonds is 7. The Labute approximate surface area is 111 Å². The molecule has 2 unspecified atom stereocenters. The highest BCUT2D eigenvalue weighted by atomic mass is 32.2. The second-order valence-electron chi connectivity index (χ2n) is 5.15. The number of hydrogen-bond acceptors (Lipinski definition) is 5. The van der Waals surface area contributed by atoms with Crippen molar-refractivity contribution in [1.29, 1.82) is 0 Å². The SMILES string of the molecule is CCCN1CCOC(C(N)CCCS(C)(=O)=O)C1. The van der Waals surface area contributed by atoms with Crippen molar-refractivity contribution in [1.82, 2.24) is 4.90 Å². The summed E-state index contributed by atoms with van der Waals surface area (Å²) >= 11 is 0. The van der Waals surface area contributed by atoms with Crippen LogP contribution in [0.1, 0.15) is 26.2 Å². The van der Waals surface area contributed by atoms with Crippen molar-refractivity contribution in [2.24, 2.45) is 5.73 Å². The number of ether oxygens (including phenoxy) is 1. The summed E-state index contributed by atoms with van der Waals surface area (Å²) < 4.78 is 27.8. The molecule has 1 rings (SSSR count). The van der Waals surface area contributed by atoms with Crippen LogP contribution in [-0.2, 0) is 14.6 Å². The number of morpholine rings is 1. The molecule has 0 saturated carbocycles. The fourth-order valence-corrected chi connectivity index (χ4v) is 2.97. The molecule has 0 aromatic carbocycles. The monoisotopic (exact) mass is 278 g/mol. The van der Waals surface area contributed by atoms with Gasteiger partial charge < -0.3 is 10.5 Å². The lowest BCUT2D eigenvalue weighted by molar-refractivity contribution is -0.0413. The highest BCUT2D eigenvalue weighted by Gasteiger charge is 2.25. The van der Waals surface area contributed by atoms with E-state index in [1.807, 2.05) is 0 Å². The first-order valence-corrected chi connectivity index (χ1v) is 8.75. The minimum absolute atomic E-state index is 0.0462. The molecule has 1 aliphatic rings. The largest absolute Gasteiger partial charge is 0.374 e. The summed E-state index contributed by atoms with van der Waals surface area (Å²) in [6.45, 7) is 5.81. The van der Waals surface area contributed by atoms with Crippen molar-refractivity contribution in [3.05, 3.63) is 0 Å². The van der Waals surface area contributed by atoms with Crippen LogP contribution < -0.4 is 5.73 Å². The Kier molecular flexibility index (Phi) is 6.55. The third-order valence-electron chi connectivity index (χ3n) is 3.25. The van der Waals surface area contributed by atoms with Crippen LogP contribution in [-0.4, -0.2) is 63.7 Å². The first-order valence-electron chi connectivity index (χ1n) is 6.69. The molecule has 1 aliphatic heterocycles. The van der Waals surface area contributed by atoms with Crippen LogP contribution in [0.3, 0.4) is 0 Å². The van der Waals surface area contributed by atoms with E-state index in [4.69, 9.17) is 10.5 Å². The lowest BCUT2D eigenvalue weighted by Gasteiger charge is -2.35. The molecule has 0 amide bonds. The Hall–Kier alpha value is -0.170. The second kappa shape index (κ2) is 7.43. The molecule has 2 atom stereocenters. The molecule has 18 heavy (non-hydrogen) atoms. The number of hydrogen-bond donors (Lipinski definition) is 1. The molecular weight excluding hydrogens is 252 g/mol. The molecule has 0 spiro atoms. The van der Waals surface area contributed by atoms with Crippen molar-refractivity contribution < 1.29 is 13.2 Å². The number of nitrogens with zero attached hydrogens (tertiary/aromatic N) is 1. The molecule has 6 heteroatoms. The first-order chi connectivity index (χ1) is 8.42. The maximum Gasteiger partial charge on any atom is 0.147 e. The number of nitrogens with two attached hydrogens (primary N) is 1. The quantitative estimate of drug-likeness (QED) is 0.722. The molecule has 0 aromatic heterocycles. The zero-order valence-electron chi connectivity index (χ0n) is 11.5. The molecule has 1 saturated heterocycles. The molecule has 0 aliphatic carbocycles. The van der Waals surface area contributed by atoms with E-state index in [1.54, 1.807) is 0 Å². The Balaban J connectivity index is 2.30. The van der Waals surface area contributed by atoms with E-state index in [2.05, 4.69) is 11.8 Å². The zero-order chi connectivity index (χ0) is 13.6. The van der Waals surface area contributed by atoms with Crippen LogP contribution in [0.15, 0.2) is 0 Å². The van der Waals surface area contributed by atoms with Crippen LogP contribution in [0.5, 0.6) is 0 Å². The van der Waals surface area contributed by atoms with Gasteiger partial charge in [-0.1, -0.05) is 6.92 Å². The van der Waals surface area contributed by atoms with Crippen molar-refractivity contribution in [3.63, 3.8) is 0 Å². The Bertz CT molecular complexity index is 330. The van der Waals surface area contributed by atoms with Gasteiger partial charge in [-0.25, -0.2) is 8.42 Å². The average Bonchev–Trinajstić information content (AvgIpc) is 2.28. The minimum Gasteiger partial charge on any atom is -0.374 e. The van der Waals surface area contributed by atoms with E-state index in [0.717, 1.165) is 32.7 Å². The standard InChI is InChI=1S/C12H26N2O3S/c1-3-6-14-7-8-17-12(10-14)11(13)5-4-9-18(2,15)16/h11-12H,3-10,13H2,1-2H3. The molecule has 108 valence electrons. The lowest BCUT2D eigenvalue weighted by atomic mass is 10.1. The summed E-state index contributed by atoms with van der Waals surface area (Å²) in [6.07, 6.45) is 3.77. The van der Waals surface area contributed by atoms with Gasteiger partial charge in [-0.05, 0) is 25.8 Å². The molecule has 1 fully saturated rings. The van der Waals surface area contributed by atoms with Crippen molar-refractivity contribution in [2.45, 2.75) is 38.3 Å². The second-order valence-corrected chi connectivity index (χ2v) is 7.41. The fourth-order valence-electron chi connectivity index (χ4n) is 2.28. The van der Waals surface area contributed by atoms with Crippen LogP contribution in [0.2, 0.25) is 0 Å². The first kappa shape index (κ1) is 15.9. The summed E-state index contributed by atoms with van der Waals surface area (Å²) in [5.74, 6) is 0.214. The maximum atomic E-state index is 11.0. The van der Waals surface area contributed by atoms with Gasteiger partial charge in [0.15, 0.2) is 0 Å². The van der Waals surface area contributed by atoms with E-state index < -0.39 is 9.84 Å². The molecule has 0 bridgehead atoms. The summed E-state index contributed by atoms with van der Waals surface area (Å²) in [4.78, 5) is 2.37. The van der Waals surface area contributed by atoms with E-state index in [-0.39, 0.29) is 17.9 Å². The molecule has 1 heterocycles. The molecular formula is C12H26N2O3S. The van der Waals surface area contributed by atoms with Crippen molar-refractivity contribution >= 4 is 9.84 Å². The van der Waals surface area contributed by atoms with Gasteiger partial charge in [0.2, 0.25) is 0 Å². The summed E-state index contributed by atoms with van der Waals surface area (Å²) in [7, 11) is -2.88. The van der Waals surface area contributed by atoms with Crippen LogP contribution in [0.25, 0.3) is 0 Å². The highest BCUT2D eigenvalue weighted by Crippen LogP contribution is 2.12. The molecule has 5 nitrogen and oxygen atoms in total. The van der Waals surface area contributed by atoms with Crippen LogP contribution in [0.4, 0.5) is 0 Å². The number of sulfone groups is 1. The Morgan fingerprint density at radius 1 is 1.50 bits per heavy atom. The highest BCUT2D eigenvalue weighted by molar-refractivity contribution is 7.90. The summed E-state index contributed by atoms with van der Waals surface area (Å²) in [5, 5.41) is 0. The maximum absolute atomic E-state index is 11.0. The predicted molar refractivity (Wildman–Crippen MR) is 73.4 cm³/mol. The molecule has 0 aromatic rings. The van der Waals surface area contributed by atoms with E-state index >= 15 is 0 Å². The van der Waals surface area contributed by atoms with Gasteiger partial charge in [-0.2, -0.15) is 0 Å². The van der Waals surface area contributed by atoms with Crippen LogP contribution in [0, 0.1) is 0 Å². The lowest BCUT2D eigenvalue weighted by Crippen LogP contribution is -2.50. The zero-order valence-corrected chi connectivity index (χ0v) is 12.3. The minimum atomic E-state index is -2.88. The van der Waals surface area contributed by atoms with Gasteiger partial charge >= 0.3 is 0 Å². The van der Waals surface area contributed by atoms with Crippen molar-refractivity contribution in [3.8, 4) is 0 Å². The van der Waals surface area contributed by atoms with Crippen LogP contribution >= 0.6 is 0 Å². The topological polar surface area (TPSA) is 72.6 Å². The summed E-state index contributed by atoms with van der Waals surface area (Å²) in [5.41, 5.74) is 6.09. The predicted octanol–water partition coefficient (Wildman–Crippen LogP) is 0.249. The van der Waals surface area contributed by atoms with Gasteiger partial charge in [0.05, 0.1) is 12.7 Å². The normalized spacial score (nSPS) is 24.1. The third kappa shape index (κ3) is 6.13. The van der Waals surface area contributed by atoms with E-state index in [1.165, 1.54) is 6.26 Å². The van der Waals surface area contributed by atoms with Gasteiger partial charge in [0, 0.05) is 31.1 Å². The average molecular weight is 278 g/mol. The smallest absolute Gasteiger partial charge is 0.147 e. The van der Waals surface area contributed by atoms with Gasteiger partial charge in [-0.3, -0.25) is 4.90 Å². The molecule has 2 N–H and O–H groups in total. The van der Waals surface area contributed by atoms with Gasteiger partial charge in [-0.15, -0.1) is 0 Å². The summed E-state index contributed by atoms with van der Waals surface area (Å²) in [6, 6.07) is -0.0635. The van der Waals surface area contributed by atoms with Gasteiger partial charge in [0.1, 0.15) is 9.84 Å². The van der Waals surface area contributed by atoms with Crippen molar-refractivity contribution in [2.75, 3.05) is 38.2 Å². The Morgan fingerprint density at radius 2 is 2.22 bits per heavy atom. The molecule has 0 radical (unpaired) electrons. The fraction of sp³-hybridized carbons (Fsp3) is 1.00.